The van der Waals surface area contributed by atoms with Gasteiger partial charge in [-0.2, -0.15) is 0 Å². The minimum atomic E-state index is -0.930. The summed E-state index contributed by atoms with van der Waals surface area (Å²) in [6.45, 7) is 3.13. The van der Waals surface area contributed by atoms with E-state index >= 15 is 0 Å². The molecule has 1 saturated heterocycles. The second-order valence-corrected chi connectivity index (χ2v) is 6.40. The standard InChI is InChI=1S/C16H29N3O3/c17-15(20)16(21)18-9-8-14-12-19(10-11-22-14)13-6-4-2-1-3-5-7-13/h13-14H,1-12H2,(H2,17,20)(H,18,21)/t14-/m0/s1. The molecular weight excluding hydrogens is 282 g/mol. The van der Waals surface area contributed by atoms with Crippen LogP contribution in [0, 0.1) is 0 Å². The molecule has 0 aromatic carbocycles. The summed E-state index contributed by atoms with van der Waals surface area (Å²) in [5.74, 6) is -1.65. The monoisotopic (exact) mass is 311 g/mol. The third kappa shape index (κ3) is 5.57. The molecule has 0 aromatic rings. The van der Waals surface area contributed by atoms with Crippen LogP contribution in [0.25, 0.3) is 0 Å². The van der Waals surface area contributed by atoms with Crippen LogP contribution in [0.3, 0.4) is 0 Å². The van der Waals surface area contributed by atoms with Gasteiger partial charge in [0.2, 0.25) is 0 Å². The van der Waals surface area contributed by atoms with Crippen LogP contribution in [0.15, 0.2) is 0 Å². The van der Waals surface area contributed by atoms with E-state index in [2.05, 4.69) is 10.2 Å². The molecule has 1 heterocycles. The molecule has 0 spiro atoms. The molecule has 1 aliphatic carbocycles. The molecule has 1 atom stereocenters. The lowest BCUT2D eigenvalue weighted by molar-refractivity contribution is -0.137. The fourth-order valence-corrected chi connectivity index (χ4v) is 3.48. The quantitative estimate of drug-likeness (QED) is 0.752. The Bertz CT molecular complexity index is 368. The summed E-state index contributed by atoms with van der Waals surface area (Å²) in [7, 11) is 0. The summed E-state index contributed by atoms with van der Waals surface area (Å²) in [4.78, 5) is 24.4. The number of nitrogens with two attached hydrogens (primary N) is 1. The van der Waals surface area contributed by atoms with E-state index in [9.17, 15) is 9.59 Å². The van der Waals surface area contributed by atoms with Crippen LogP contribution in [0.1, 0.15) is 51.4 Å². The lowest BCUT2D eigenvalue weighted by Crippen LogP contribution is -2.48. The second-order valence-electron chi connectivity index (χ2n) is 6.40. The zero-order valence-corrected chi connectivity index (χ0v) is 13.4. The first kappa shape index (κ1) is 17.2. The van der Waals surface area contributed by atoms with Crippen molar-refractivity contribution in [1.29, 1.82) is 0 Å². The van der Waals surface area contributed by atoms with Crippen LogP contribution in [0.2, 0.25) is 0 Å². The average molecular weight is 311 g/mol. The van der Waals surface area contributed by atoms with Crippen LogP contribution < -0.4 is 11.1 Å². The number of nitrogens with zero attached hydrogens (tertiary/aromatic N) is 1. The lowest BCUT2D eigenvalue weighted by Gasteiger charge is -2.39. The highest BCUT2D eigenvalue weighted by Crippen LogP contribution is 2.23. The first-order valence-electron chi connectivity index (χ1n) is 8.60. The average Bonchev–Trinajstić information content (AvgIpc) is 2.47. The van der Waals surface area contributed by atoms with Crippen LogP contribution in [-0.4, -0.2) is 55.1 Å². The molecule has 0 aromatic heterocycles. The Morgan fingerprint density at radius 1 is 1.14 bits per heavy atom. The molecule has 3 N–H and O–H groups in total. The molecule has 1 saturated carbocycles. The van der Waals surface area contributed by atoms with Crippen LogP contribution >= 0.6 is 0 Å². The lowest BCUT2D eigenvalue weighted by atomic mass is 9.95. The third-order valence-electron chi connectivity index (χ3n) is 4.74. The highest BCUT2D eigenvalue weighted by Gasteiger charge is 2.26. The van der Waals surface area contributed by atoms with Crippen molar-refractivity contribution in [1.82, 2.24) is 10.2 Å². The Kier molecular flexibility index (Phi) is 7.12. The third-order valence-corrected chi connectivity index (χ3v) is 4.74. The summed E-state index contributed by atoms with van der Waals surface area (Å²) >= 11 is 0. The maximum atomic E-state index is 11.1. The normalized spacial score (nSPS) is 25.2. The predicted octanol–water partition coefficient (Wildman–Crippen LogP) is 0.792. The molecule has 0 unspecified atom stereocenters. The number of ether oxygens (including phenoxy) is 1. The number of primary amides is 1. The van der Waals surface area contributed by atoms with Crippen molar-refractivity contribution >= 4 is 11.8 Å². The van der Waals surface area contributed by atoms with Gasteiger partial charge in [-0.25, -0.2) is 0 Å². The summed E-state index contributed by atoms with van der Waals surface area (Å²) in [6.07, 6.45) is 10.2. The first-order valence-corrected chi connectivity index (χ1v) is 8.60. The summed E-state index contributed by atoms with van der Waals surface area (Å²) in [6, 6.07) is 0.687. The van der Waals surface area contributed by atoms with Gasteiger partial charge in [0.15, 0.2) is 0 Å². The van der Waals surface area contributed by atoms with Gasteiger partial charge in [0.1, 0.15) is 0 Å². The van der Waals surface area contributed by atoms with Gasteiger partial charge in [-0.3, -0.25) is 14.5 Å². The molecule has 6 nitrogen and oxygen atoms in total. The molecular formula is C16H29N3O3. The largest absolute Gasteiger partial charge is 0.375 e. The molecule has 1 aliphatic heterocycles. The topological polar surface area (TPSA) is 84.7 Å². The van der Waals surface area contributed by atoms with Crippen molar-refractivity contribution in [2.24, 2.45) is 5.73 Å². The van der Waals surface area contributed by atoms with E-state index < -0.39 is 11.8 Å². The van der Waals surface area contributed by atoms with E-state index in [1.165, 1.54) is 44.9 Å². The fraction of sp³-hybridized carbons (Fsp3) is 0.875. The second kappa shape index (κ2) is 9.10. The number of hydrogen-bond donors (Lipinski definition) is 2. The maximum absolute atomic E-state index is 11.1. The van der Waals surface area contributed by atoms with Crippen LogP contribution in [0.4, 0.5) is 0 Å². The Balaban J connectivity index is 1.73. The van der Waals surface area contributed by atoms with E-state index in [1.54, 1.807) is 0 Å². The fourth-order valence-electron chi connectivity index (χ4n) is 3.48. The van der Waals surface area contributed by atoms with E-state index in [1.807, 2.05) is 0 Å². The molecule has 2 aliphatic rings. The molecule has 0 radical (unpaired) electrons. The maximum Gasteiger partial charge on any atom is 0.309 e. The molecule has 6 heteroatoms. The van der Waals surface area contributed by atoms with Crippen molar-refractivity contribution in [3.05, 3.63) is 0 Å². The van der Waals surface area contributed by atoms with Gasteiger partial charge in [0.05, 0.1) is 12.7 Å². The van der Waals surface area contributed by atoms with E-state index in [-0.39, 0.29) is 6.10 Å². The summed E-state index contributed by atoms with van der Waals surface area (Å²) in [5.41, 5.74) is 4.91. The van der Waals surface area contributed by atoms with Crippen molar-refractivity contribution in [2.45, 2.75) is 63.5 Å². The van der Waals surface area contributed by atoms with Crippen molar-refractivity contribution in [2.75, 3.05) is 26.2 Å². The van der Waals surface area contributed by atoms with Crippen molar-refractivity contribution in [3.8, 4) is 0 Å². The zero-order valence-electron chi connectivity index (χ0n) is 13.4. The Morgan fingerprint density at radius 3 is 2.50 bits per heavy atom. The van der Waals surface area contributed by atoms with Crippen LogP contribution in [-0.2, 0) is 14.3 Å². The zero-order chi connectivity index (χ0) is 15.8. The highest BCUT2D eigenvalue weighted by molar-refractivity contribution is 6.34. The van der Waals surface area contributed by atoms with Gasteiger partial charge in [0.25, 0.3) is 0 Å². The van der Waals surface area contributed by atoms with Crippen molar-refractivity contribution < 1.29 is 14.3 Å². The molecule has 2 fully saturated rings. The van der Waals surface area contributed by atoms with Gasteiger partial charge in [0, 0.05) is 25.7 Å². The molecule has 22 heavy (non-hydrogen) atoms. The number of amides is 2. The summed E-state index contributed by atoms with van der Waals surface area (Å²) in [5, 5.41) is 2.53. The van der Waals surface area contributed by atoms with E-state index in [0.29, 0.717) is 12.6 Å². The number of rotatable bonds is 4. The number of carbonyl (C=O) groups excluding carboxylic acids is 2. The Labute approximate surface area is 132 Å². The molecule has 126 valence electrons. The van der Waals surface area contributed by atoms with Gasteiger partial charge >= 0.3 is 11.8 Å². The highest BCUT2D eigenvalue weighted by atomic mass is 16.5. The number of carbonyl (C=O) groups is 2. The Hall–Kier alpha value is -1.14. The van der Waals surface area contributed by atoms with E-state index in [4.69, 9.17) is 10.5 Å². The predicted molar refractivity (Wildman–Crippen MR) is 84.2 cm³/mol. The number of nitrogens with one attached hydrogen (secondary N) is 1. The van der Waals surface area contributed by atoms with E-state index in [0.717, 1.165) is 26.1 Å². The minimum absolute atomic E-state index is 0.132. The van der Waals surface area contributed by atoms with Crippen LogP contribution in [0.5, 0.6) is 0 Å². The van der Waals surface area contributed by atoms with Gasteiger partial charge < -0.3 is 15.8 Å². The molecule has 0 bridgehead atoms. The van der Waals surface area contributed by atoms with Gasteiger partial charge in [-0.1, -0.05) is 32.1 Å². The van der Waals surface area contributed by atoms with Crippen molar-refractivity contribution in [3.63, 3.8) is 0 Å². The number of morpholine rings is 1. The Morgan fingerprint density at radius 2 is 1.82 bits per heavy atom. The SMILES string of the molecule is NC(=O)C(=O)NCC[C@H]1CN(C2CCCCCCC2)CCO1. The molecule has 2 amide bonds. The van der Waals surface area contributed by atoms with Gasteiger partial charge in [-0.05, 0) is 19.3 Å². The molecule has 2 rings (SSSR count). The first-order chi connectivity index (χ1) is 10.7. The number of hydrogen-bond acceptors (Lipinski definition) is 4. The van der Waals surface area contributed by atoms with Gasteiger partial charge in [-0.15, -0.1) is 0 Å². The summed E-state index contributed by atoms with van der Waals surface area (Å²) < 4.78 is 5.79. The minimum Gasteiger partial charge on any atom is -0.375 e. The smallest absolute Gasteiger partial charge is 0.309 e.